The van der Waals surface area contributed by atoms with Crippen LogP contribution in [-0.4, -0.2) is 34.3 Å². The molecule has 3 aromatic carbocycles. The fourth-order valence-corrected chi connectivity index (χ4v) is 4.73. The monoisotopic (exact) mass is 477 g/mol. The van der Waals surface area contributed by atoms with Gasteiger partial charge < -0.3 is 24.3 Å². The molecule has 0 fully saturated rings. The van der Waals surface area contributed by atoms with Crippen LogP contribution in [0.1, 0.15) is 10.4 Å². The van der Waals surface area contributed by atoms with E-state index in [-0.39, 0.29) is 11.3 Å². The van der Waals surface area contributed by atoms with E-state index in [0.29, 0.717) is 50.1 Å². The second kappa shape index (κ2) is 9.84. The van der Waals surface area contributed by atoms with Crippen LogP contribution in [0.25, 0.3) is 21.2 Å². The van der Waals surface area contributed by atoms with Gasteiger partial charge in [-0.2, -0.15) is 0 Å². The molecule has 1 aromatic heterocycles. The molecule has 7 nitrogen and oxygen atoms in total. The molecule has 0 spiro atoms. The third kappa shape index (κ3) is 4.27. The fraction of sp³-hybridized carbons (Fsp3) is 0.154. The minimum atomic E-state index is -0.381. The Kier molecular flexibility index (Phi) is 6.70. The molecule has 4 aromatic rings. The van der Waals surface area contributed by atoms with Crippen LogP contribution in [0.15, 0.2) is 65.5 Å². The Morgan fingerprint density at radius 1 is 0.765 bits per heavy atom. The molecule has 0 atom stereocenters. The van der Waals surface area contributed by atoms with Gasteiger partial charge in [-0.05, 0) is 48.0 Å². The topological polar surface area (TPSA) is 83.1 Å². The molecule has 1 heterocycles. The summed E-state index contributed by atoms with van der Waals surface area (Å²) in [6, 6.07) is 17.4. The van der Waals surface area contributed by atoms with Gasteiger partial charge in [0.25, 0.3) is 5.91 Å². The SMILES string of the molecule is COc1ccc(C(=O)Nc2sc3ccccc3c(=O)c2-c2ccc(OC)c(OC)c2)cc1OC. The Hall–Kier alpha value is -4.04. The van der Waals surface area contributed by atoms with Crippen molar-refractivity contribution >= 4 is 32.3 Å². The van der Waals surface area contributed by atoms with Crippen LogP contribution in [0.5, 0.6) is 23.0 Å². The average molecular weight is 478 g/mol. The van der Waals surface area contributed by atoms with Crippen LogP contribution in [0.2, 0.25) is 0 Å². The van der Waals surface area contributed by atoms with Crippen LogP contribution in [0.4, 0.5) is 5.00 Å². The van der Waals surface area contributed by atoms with E-state index in [1.54, 1.807) is 49.6 Å². The summed E-state index contributed by atoms with van der Waals surface area (Å²) < 4.78 is 22.1. The first-order valence-corrected chi connectivity index (χ1v) is 11.1. The molecule has 0 radical (unpaired) electrons. The Bertz CT molecular complexity index is 1430. The van der Waals surface area contributed by atoms with Crippen LogP contribution in [0, 0.1) is 0 Å². The van der Waals surface area contributed by atoms with Gasteiger partial charge in [0.1, 0.15) is 5.00 Å². The molecule has 0 bridgehead atoms. The molecule has 0 aliphatic rings. The number of nitrogens with one attached hydrogen (secondary N) is 1. The van der Waals surface area contributed by atoms with Crippen molar-refractivity contribution in [3.05, 3.63) is 76.5 Å². The molecule has 0 unspecified atom stereocenters. The molecule has 34 heavy (non-hydrogen) atoms. The van der Waals surface area contributed by atoms with Crippen molar-refractivity contribution in [3.63, 3.8) is 0 Å². The van der Waals surface area contributed by atoms with Crippen molar-refractivity contribution in [2.45, 2.75) is 0 Å². The van der Waals surface area contributed by atoms with Crippen molar-refractivity contribution in [2.75, 3.05) is 33.8 Å². The number of carbonyl (C=O) groups is 1. The maximum Gasteiger partial charge on any atom is 0.256 e. The van der Waals surface area contributed by atoms with Crippen LogP contribution >= 0.6 is 11.3 Å². The van der Waals surface area contributed by atoms with E-state index in [4.69, 9.17) is 18.9 Å². The highest BCUT2D eigenvalue weighted by atomic mass is 32.1. The number of amides is 1. The molecule has 1 amide bonds. The highest BCUT2D eigenvalue weighted by Gasteiger charge is 2.19. The summed E-state index contributed by atoms with van der Waals surface area (Å²) in [5.74, 6) is 1.59. The zero-order valence-corrected chi connectivity index (χ0v) is 19.9. The lowest BCUT2D eigenvalue weighted by atomic mass is 10.0. The Labute approximate surface area is 200 Å². The van der Waals surface area contributed by atoms with Crippen molar-refractivity contribution in [1.82, 2.24) is 0 Å². The third-order valence-corrected chi connectivity index (χ3v) is 6.43. The maximum atomic E-state index is 13.6. The van der Waals surface area contributed by atoms with Gasteiger partial charge in [0.2, 0.25) is 0 Å². The third-order valence-electron chi connectivity index (χ3n) is 5.34. The first-order valence-electron chi connectivity index (χ1n) is 10.3. The van der Waals surface area contributed by atoms with Gasteiger partial charge in [-0.15, -0.1) is 11.3 Å². The lowest BCUT2D eigenvalue weighted by molar-refractivity contribution is 0.102. The number of rotatable bonds is 7. The standard InChI is InChI=1S/C26H23NO6S/c1-30-18-11-9-15(13-20(18)32-3)23-24(28)17-7-5-6-8-22(17)34-26(23)27-25(29)16-10-12-19(31-2)21(14-16)33-4/h5-14H,1-4H3,(H,27,29). The number of carbonyl (C=O) groups excluding carboxylic acids is 1. The zero-order valence-electron chi connectivity index (χ0n) is 19.1. The van der Waals surface area contributed by atoms with Gasteiger partial charge in [0, 0.05) is 15.6 Å². The average Bonchev–Trinajstić information content (AvgIpc) is 2.88. The van der Waals surface area contributed by atoms with Gasteiger partial charge in [-0.1, -0.05) is 18.2 Å². The van der Waals surface area contributed by atoms with Gasteiger partial charge in [0.15, 0.2) is 28.4 Å². The van der Waals surface area contributed by atoms with Gasteiger partial charge in [-0.3, -0.25) is 9.59 Å². The Morgan fingerprint density at radius 3 is 2.06 bits per heavy atom. The molecule has 0 aliphatic heterocycles. The number of anilines is 1. The van der Waals surface area contributed by atoms with E-state index in [0.717, 1.165) is 4.70 Å². The van der Waals surface area contributed by atoms with Crippen LogP contribution in [-0.2, 0) is 0 Å². The molecular formula is C26H23NO6S. The summed E-state index contributed by atoms with van der Waals surface area (Å²) in [4.78, 5) is 26.7. The van der Waals surface area contributed by atoms with Gasteiger partial charge in [0.05, 0.1) is 34.0 Å². The number of hydrogen-bond acceptors (Lipinski definition) is 7. The van der Waals surface area contributed by atoms with E-state index >= 15 is 0 Å². The van der Waals surface area contributed by atoms with Crippen molar-refractivity contribution in [1.29, 1.82) is 0 Å². The molecule has 174 valence electrons. The summed E-state index contributed by atoms with van der Waals surface area (Å²) in [5, 5.41) is 3.92. The molecule has 4 rings (SSSR count). The van der Waals surface area contributed by atoms with E-state index < -0.39 is 0 Å². The maximum absolute atomic E-state index is 13.6. The number of methoxy groups -OCH3 is 4. The predicted molar refractivity (Wildman–Crippen MR) is 134 cm³/mol. The summed E-state index contributed by atoms with van der Waals surface area (Å²) in [5.41, 5.74) is 1.15. The lowest BCUT2D eigenvalue weighted by Crippen LogP contribution is -2.15. The summed E-state index contributed by atoms with van der Waals surface area (Å²) in [7, 11) is 6.11. The summed E-state index contributed by atoms with van der Waals surface area (Å²) >= 11 is 1.33. The second-order valence-electron chi connectivity index (χ2n) is 7.23. The van der Waals surface area contributed by atoms with Gasteiger partial charge in [-0.25, -0.2) is 0 Å². The number of fused-ring (bicyclic) bond motifs is 1. The van der Waals surface area contributed by atoms with Crippen molar-refractivity contribution in [3.8, 4) is 34.1 Å². The van der Waals surface area contributed by atoms with Crippen LogP contribution < -0.4 is 29.7 Å². The smallest absolute Gasteiger partial charge is 0.256 e. The summed E-state index contributed by atoms with van der Waals surface area (Å²) in [6.45, 7) is 0. The molecule has 0 saturated carbocycles. The lowest BCUT2D eigenvalue weighted by Gasteiger charge is -2.14. The number of benzene rings is 3. The molecule has 0 saturated heterocycles. The minimum absolute atomic E-state index is 0.191. The number of ether oxygens (including phenoxy) is 4. The van der Waals surface area contributed by atoms with Gasteiger partial charge >= 0.3 is 0 Å². The first-order chi connectivity index (χ1) is 16.5. The quantitative estimate of drug-likeness (QED) is 0.393. The summed E-state index contributed by atoms with van der Waals surface area (Å²) in [6.07, 6.45) is 0. The van der Waals surface area contributed by atoms with Crippen LogP contribution in [0.3, 0.4) is 0 Å². The Morgan fingerprint density at radius 2 is 1.38 bits per heavy atom. The molecule has 0 aliphatic carbocycles. The van der Waals surface area contributed by atoms with E-state index in [2.05, 4.69) is 5.32 Å². The van der Waals surface area contributed by atoms with Crippen molar-refractivity contribution in [2.24, 2.45) is 0 Å². The molecule has 1 N–H and O–H groups in total. The number of hydrogen-bond donors (Lipinski definition) is 1. The molecular weight excluding hydrogens is 454 g/mol. The second-order valence-corrected chi connectivity index (χ2v) is 8.28. The normalized spacial score (nSPS) is 10.6. The molecule has 8 heteroatoms. The minimum Gasteiger partial charge on any atom is -0.493 e. The largest absolute Gasteiger partial charge is 0.493 e. The van der Waals surface area contributed by atoms with E-state index in [1.165, 1.54) is 32.7 Å². The predicted octanol–water partition coefficient (Wildman–Crippen LogP) is 5.22. The highest BCUT2D eigenvalue weighted by molar-refractivity contribution is 7.22. The van der Waals surface area contributed by atoms with Crippen molar-refractivity contribution < 1.29 is 23.7 Å². The Balaban J connectivity index is 1.86. The first kappa shape index (κ1) is 23.1. The fourth-order valence-electron chi connectivity index (χ4n) is 3.64. The highest BCUT2D eigenvalue weighted by Crippen LogP contribution is 2.38. The zero-order chi connectivity index (χ0) is 24.2. The van der Waals surface area contributed by atoms with E-state index in [1.807, 2.05) is 18.2 Å². The van der Waals surface area contributed by atoms with E-state index in [9.17, 15) is 9.59 Å².